The maximum absolute atomic E-state index is 14.9. The van der Waals surface area contributed by atoms with Crippen LogP contribution in [0.3, 0.4) is 0 Å². The van der Waals surface area contributed by atoms with Crippen LogP contribution < -0.4 is 0 Å². The number of rotatable bonds is 3. The van der Waals surface area contributed by atoms with Crippen molar-refractivity contribution in [2.45, 2.75) is 70.8 Å². The number of fused-ring (bicyclic) bond motifs is 1. The quantitative estimate of drug-likeness (QED) is 0.734. The summed E-state index contributed by atoms with van der Waals surface area (Å²) in [5.74, 6) is 0.236. The normalized spacial score (nSPS) is 28.1. The third-order valence-corrected chi connectivity index (χ3v) is 5.26. The minimum atomic E-state index is -0.493. The Kier molecular flexibility index (Phi) is 4.51. The topological polar surface area (TPSA) is 26.3 Å². The molecule has 0 radical (unpaired) electrons. The van der Waals surface area contributed by atoms with Crippen molar-refractivity contribution in [3.63, 3.8) is 0 Å². The summed E-state index contributed by atoms with van der Waals surface area (Å²) in [5, 5.41) is 0. The van der Waals surface area contributed by atoms with Gasteiger partial charge < -0.3 is 4.74 Å². The second-order valence-corrected chi connectivity index (χ2v) is 6.93. The van der Waals surface area contributed by atoms with Crippen molar-refractivity contribution in [2.24, 2.45) is 5.92 Å². The first-order valence-corrected chi connectivity index (χ1v) is 8.62. The van der Waals surface area contributed by atoms with Gasteiger partial charge in [-0.1, -0.05) is 31.9 Å². The van der Waals surface area contributed by atoms with E-state index in [1.54, 1.807) is 0 Å². The highest BCUT2D eigenvalue weighted by Gasteiger charge is 2.31. The van der Waals surface area contributed by atoms with Crippen molar-refractivity contribution in [3.05, 3.63) is 34.6 Å². The van der Waals surface area contributed by atoms with Crippen LogP contribution in [-0.2, 0) is 11.2 Å². The molecule has 1 aromatic carbocycles. The first-order chi connectivity index (χ1) is 10.6. The highest BCUT2D eigenvalue weighted by Crippen LogP contribution is 2.40. The second-order valence-electron chi connectivity index (χ2n) is 6.93. The van der Waals surface area contributed by atoms with Crippen molar-refractivity contribution in [1.29, 1.82) is 0 Å². The number of benzene rings is 1. The number of cyclic esters (lactones) is 1. The molecule has 2 aliphatic rings. The number of carbonyl (C=O) groups is 1. The summed E-state index contributed by atoms with van der Waals surface area (Å²) in [7, 11) is 0. The van der Waals surface area contributed by atoms with Crippen LogP contribution in [0.5, 0.6) is 0 Å². The lowest BCUT2D eigenvalue weighted by Crippen LogP contribution is -2.27. The Morgan fingerprint density at radius 3 is 2.64 bits per heavy atom. The van der Waals surface area contributed by atoms with Gasteiger partial charge in [-0.2, -0.15) is 0 Å². The smallest absolute Gasteiger partial charge is 0.341 e. The second kappa shape index (κ2) is 6.39. The van der Waals surface area contributed by atoms with Gasteiger partial charge in [0, 0.05) is 6.42 Å². The van der Waals surface area contributed by atoms with E-state index in [1.165, 1.54) is 25.7 Å². The van der Waals surface area contributed by atoms with Crippen molar-refractivity contribution in [3.8, 4) is 0 Å². The molecule has 0 amide bonds. The Morgan fingerprint density at radius 1 is 1.23 bits per heavy atom. The van der Waals surface area contributed by atoms with E-state index in [0.717, 1.165) is 29.9 Å². The Balaban J connectivity index is 1.82. The van der Waals surface area contributed by atoms with Crippen molar-refractivity contribution >= 4 is 5.97 Å². The lowest BCUT2D eigenvalue weighted by atomic mass is 9.76. The molecule has 1 saturated carbocycles. The summed E-state index contributed by atoms with van der Waals surface area (Å²) in [5.41, 5.74) is 1.70. The molecule has 1 aliphatic heterocycles. The predicted molar refractivity (Wildman–Crippen MR) is 84.6 cm³/mol. The molecule has 0 aromatic heterocycles. The molecule has 1 aromatic rings. The van der Waals surface area contributed by atoms with Crippen LogP contribution in [0, 0.1) is 11.7 Å². The molecule has 120 valence electrons. The minimum Gasteiger partial charge on any atom is -0.459 e. The van der Waals surface area contributed by atoms with Gasteiger partial charge in [0.2, 0.25) is 0 Å². The molecule has 1 heterocycles. The number of ether oxygens (including phenoxy) is 1. The van der Waals surface area contributed by atoms with Crippen LogP contribution in [0.1, 0.15) is 79.8 Å². The molecule has 0 spiro atoms. The highest BCUT2D eigenvalue weighted by atomic mass is 19.1. The average molecular weight is 304 g/mol. The van der Waals surface area contributed by atoms with Crippen molar-refractivity contribution < 1.29 is 13.9 Å². The lowest BCUT2D eigenvalue weighted by molar-refractivity contribution is 0.0293. The van der Waals surface area contributed by atoms with Crippen molar-refractivity contribution in [2.75, 3.05) is 0 Å². The highest BCUT2D eigenvalue weighted by molar-refractivity contribution is 5.92. The number of hydrogen-bond donors (Lipinski definition) is 0. The molecule has 1 unspecified atom stereocenters. The van der Waals surface area contributed by atoms with Crippen LogP contribution in [0.2, 0.25) is 0 Å². The summed E-state index contributed by atoms with van der Waals surface area (Å²) in [6.07, 6.45) is 7.39. The lowest BCUT2D eigenvalue weighted by Gasteiger charge is -2.30. The molecule has 2 nitrogen and oxygen atoms in total. The van der Waals surface area contributed by atoms with Gasteiger partial charge >= 0.3 is 5.97 Å². The Morgan fingerprint density at radius 2 is 1.95 bits per heavy atom. The molecule has 1 fully saturated rings. The van der Waals surface area contributed by atoms with Gasteiger partial charge in [-0.25, -0.2) is 9.18 Å². The van der Waals surface area contributed by atoms with E-state index in [0.29, 0.717) is 6.42 Å². The Labute approximate surface area is 132 Å². The molecular weight excluding hydrogens is 279 g/mol. The summed E-state index contributed by atoms with van der Waals surface area (Å²) in [6.45, 7) is 4.07. The fraction of sp³-hybridized carbons (Fsp3) is 0.632. The molecule has 3 heteroatoms. The van der Waals surface area contributed by atoms with Crippen LogP contribution in [-0.4, -0.2) is 12.1 Å². The summed E-state index contributed by atoms with van der Waals surface area (Å²) in [4.78, 5) is 12.0. The van der Waals surface area contributed by atoms with Gasteiger partial charge in [-0.15, -0.1) is 0 Å². The zero-order valence-corrected chi connectivity index (χ0v) is 13.5. The monoisotopic (exact) mass is 304 g/mol. The number of esters is 1. The number of halogens is 1. The van der Waals surface area contributed by atoms with Gasteiger partial charge in [-0.3, -0.25) is 0 Å². The van der Waals surface area contributed by atoms with Gasteiger partial charge in [0.15, 0.2) is 0 Å². The first kappa shape index (κ1) is 15.5. The zero-order chi connectivity index (χ0) is 15.7. The standard InChI is InChI=1S/C19H25FO2/c1-3-4-13-5-7-14(8-6-13)16-10-9-15-11-12(2)22-19(21)17(15)18(16)20/h9-10,12-14H,3-8,11H2,1-2H3. The van der Waals surface area contributed by atoms with Crippen molar-refractivity contribution in [1.82, 2.24) is 0 Å². The predicted octanol–water partition coefficient (Wildman–Crippen LogP) is 5.00. The molecular formula is C19H25FO2. The molecule has 3 rings (SSSR count). The fourth-order valence-corrected chi connectivity index (χ4v) is 4.10. The number of carbonyl (C=O) groups excluding carboxylic acids is 1. The molecule has 0 N–H and O–H groups in total. The van der Waals surface area contributed by atoms with E-state index in [9.17, 15) is 9.18 Å². The van der Waals surface area contributed by atoms with Crippen LogP contribution >= 0.6 is 0 Å². The molecule has 0 bridgehead atoms. The summed E-state index contributed by atoms with van der Waals surface area (Å²) < 4.78 is 20.1. The van der Waals surface area contributed by atoms with Gasteiger partial charge in [0.25, 0.3) is 0 Å². The maximum atomic E-state index is 14.9. The van der Waals surface area contributed by atoms with E-state index in [1.807, 2.05) is 19.1 Å². The van der Waals surface area contributed by atoms with E-state index in [2.05, 4.69) is 6.92 Å². The SMILES string of the molecule is CCCC1CCC(c2ccc3c(c2F)C(=O)OC(C)C3)CC1. The Bertz CT molecular complexity index is 559. The number of hydrogen-bond acceptors (Lipinski definition) is 2. The van der Waals surface area contributed by atoms with E-state index in [-0.39, 0.29) is 23.4 Å². The van der Waals surface area contributed by atoms with E-state index < -0.39 is 5.97 Å². The molecule has 1 atom stereocenters. The Hall–Kier alpha value is -1.38. The fourth-order valence-electron chi connectivity index (χ4n) is 4.10. The van der Waals surface area contributed by atoms with E-state index in [4.69, 9.17) is 4.74 Å². The minimum absolute atomic E-state index is 0.158. The van der Waals surface area contributed by atoms with Crippen LogP contribution in [0.15, 0.2) is 12.1 Å². The van der Waals surface area contributed by atoms with E-state index >= 15 is 0 Å². The largest absolute Gasteiger partial charge is 0.459 e. The molecule has 22 heavy (non-hydrogen) atoms. The van der Waals surface area contributed by atoms with Gasteiger partial charge in [0.05, 0.1) is 5.56 Å². The third kappa shape index (κ3) is 2.90. The van der Waals surface area contributed by atoms with Gasteiger partial charge in [-0.05, 0) is 55.6 Å². The maximum Gasteiger partial charge on any atom is 0.341 e. The summed E-state index contributed by atoms with van der Waals surface area (Å²) in [6, 6.07) is 3.84. The van der Waals surface area contributed by atoms with Crippen LogP contribution in [0.25, 0.3) is 0 Å². The zero-order valence-electron chi connectivity index (χ0n) is 13.5. The van der Waals surface area contributed by atoms with Crippen LogP contribution in [0.4, 0.5) is 4.39 Å². The molecule has 0 saturated heterocycles. The summed E-state index contributed by atoms with van der Waals surface area (Å²) >= 11 is 0. The first-order valence-electron chi connectivity index (χ1n) is 8.62. The average Bonchev–Trinajstić information content (AvgIpc) is 2.48. The molecule has 1 aliphatic carbocycles. The third-order valence-electron chi connectivity index (χ3n) is 5.26. The van der Waals surface area contributed by atoms with Gasteiger partial charge in [0.1, 0.15) is 11.9 Å².